The molecule has 0 aromatic carbocycles. The van der Waals surface area contributed by atoms with Crippen molar-refractivity contribution in [3.05, 3.63) is 0 Å². The molecule has 0 aromatic rings. The molecule has 0 amide bonds. The van der Waals surface area contributed by atoms with Crippen LogP contribution in [0, 0.1) is 0 Å². The van der Waals surface area contributed by atoms with Crippen LogP contribution in [0.1, 0.15) is 71.1 Å². The van der Waals surface area contributed by atoms with E-state index in [0.29, 0.717) is 6.16 Å². The van der Waals surface area contributed by atoms with E-state index in [1.54, 1.807) is 0 Å². The molecule has 0 radical (unpaired) electrons. The van der Waals surface area contributed by atoms with Gasteiger partial charge in [-0.05, 0) is 19.3 Å². The molecule has 1 aliphatic carbocycles. The van der Waals surface area contributed by atoms with E-state index in [0.717, 1.165) is 38.5 Å². The van der Waals surface area contributed by atoms with Gasteiger partial charge in [0.05, 0.1) is 0 Å². The Morgan fingerprint density at radius 1 is 1.06 bits per heavy atom. The summed E-state index contributed by atoms with van der Waals surface area (Å²) < 4.78 is 12.2. The SMILES string of the molecule is CCCCCCCP(=O)(O)C1CCCCC1. The van der Waals surface area contributed by atoms with E-state index in [4.69, 9.17) is 0 Å². The van der Waals surface area contributed by atoms with Gasteiger partial charge in [-0.3, -0.25) is 4.57 Å². The molecule has 1 saturated carbocycles. The fraction of sp³-hybridized carbons (Fsp3) is 1.00. The van der Waals surface area contributed by atoms with Crippen molar-refractivity contribution < 1.29 is 9.46 Å². The van der Waals surface area contributed by atoms with E-state index in [1.807, 2.05) is 0 Å². The van der Waals surface area contributed by atoms with E-state index in [2.05, 4.69) is 6.92 Å². The number of hydrogen-bond acceptors (Lipinski definition) is 1. The highest BCUT2D eigenvalue weighted by atomic mass is 31.2. The molecular weight excluding hydrogens is 219 g/mol. The number of hydrogen-bond donors (Lipinski definition) is 1. The first-order chi connectivity index (χ1) is 7.67. The molecule has 0 aliphatic heterocycles. The van der Waals surface area contributed by atoms with Gasteiger partial charge in [-0.25, -0.2) is 0 Å². The molecule has 3 heteroatoms. The lowest BCUT2D eigenvalue weighted by Crippen LogP contribution is -2.14. The van der Waals surface area contributed by atoms with E-state index in [9.17, 15) is 9.46 Å². The summed E-state index contributed by atoms with van der Waals surface area (Å²) in [6, 6.07) is 0. The summed E-state index contributed by atoms with van der Waals surface area (Å²) in [5, 5.41) is 0. The van der Waals surface area contributed by atoms with Gasteiger partial charge in [0.25, 0.3) is 0 Å². The summed E-state index contributed by atoms with van der Waals surface area (Å²) in [7, 11) is -2.82. The van der Waals surface area contributed by atoms with Crippen LogP contribution in [0.25, 0.3) is 0 Å². The zero-order valence-electron chi connectivity index (χ0n) is 10.7. The van der Waals surface area contributed by atoms with Crippen LogP contribution in [0.2, 0.25) is 0 Å². The molecule has 16 heavy (non-hydrogen) atoms. The van der Waals surface area contributed by atoms with Crippen molar-refractivity contribution >= 4 is 7.37 Å². The second-order valence-electron chi connectivity index (χ2n) is 5.19. The molecule has 1 N–H and O–H groups in total. The summed E-state index contributed by atoms with van der Waals surface area (Å²) in [4.78, 5) is 10.1. The van der Waals surface area contributed by atoms with Crippen LogP contribution in [-0.2, 0) is 4.57 Å². The molecule has 1 unspecified atom stereocenters. The van der Waals surface area contributed by atoms with Crippen molar-refractivity contribution in [2.75, 3.05) is 6.16 Å². The summed E-state index contributed by atoms with van der Waals surface area (Å²) in [5.41, 5.74) is 0.132. The Bertz CT molecular complexity index is 222. The van der Waals surface area contributed by atoms with Crippen molar-refractivity contribution in [1.29, 1.82) is 0 Å². The van der Waals surface area contributed by atoms with Crippen LogP contribution >= 0.6 is 7.37 Å². The third kappa shape index (κ3) is 5.01. The molecule has 0 spiro atoms. The smallest absolute Gasteiger partial charge is 0.203 e. The van der Waals surface area contributed by atoms with Gasteiger partial charge in [0, 0.05) is 11.8 Å². The van der Waals surface area contributed by atoms with Crippen molar-refractivity contribution in [1.82, 2.24) is 0 Å². The lowest BCUT2D eigenvalue weighted by atomic mass is 10.0. The van der Waals surface area contributed by atoms with E-state index in [-0.39, 0.29) is 5.66 Å². The van der Waals surface area contributed by atoms with Crippen LogP contribution in [0.3, 0.4) is 0 Å². The van der Waals surface area contributed by atoms with Gasteiger partial charge in [-0.15, -0.1) is 0 Å². The fourth-order valence-corrected chi connectivity index (χ4v) is 4.82. The quantitative estimate of drug-likeness (QED) is 0.528. The molecule has 0 aromatic heterocycles. The Balaban J connectivity index is 2.19. The maximum Gasteiger partial charge on any atom is 0.203 e. The highest BCUT2D eigenvalue weighted by molar-refractivity contribution is 7.58. The molecule has 0 saturated heterocycles. The van der Waals surface area contributed by atoms with Crippen molar-refractivity contribution in [2.24, 2.45) is 0 Å². The molecule has 2 nitrogen and oxygen atoms in total. The van der Waals surface area contributed by atoms with Crippen molar-refractivity contribution in [2.45, 2.75) is 76.8 Å². The van der Waals surface area contributed by atoms with Crippen LogP contribution in [-0.4, -0.2) is 16.7 Å². The van der Waals surface area contributed by atoms with Crippen LogP contribution in [0.15, 0.2) is 0 Å². The van der Waals surface area contributed by atoms with E-state index < -0.39 is 7.37 Å². The standard InChI is InChI=1S/C13H27O2P/c1-2-3-4-5-9-12-16(14,15)13-10-7-6-8-11-13/h13H,2-12H2,1H3,(H,14,15). The van der Waals surface area contributed by atoms with Gasteiger partial charge in [0.2, 0.25) is 7.37 Å². The second-order valence-corrected chi connectivity index (χ2v) is 7.87. The minimum Gasteiger partial charge on any atom is -0.344 e. The minimum absolute atomic E-state index is 0.132. The lowest BCUT2D eigenvalue weighted by molar-refractivity contribution is 0.419. The van der Waals surface area contributed by atoms with Crippen molar-refractivity contribution in [3.63, 3.8) is 0 Å². The number of unbranched alkanes of at least 4 members (excludes halogenated alkanes) is 4. The van der Waals surface area contributed by atoms with Gasteiger partial charge in [0.1, 0.15) is 0 Å². The Morgan fingerprint density at radius 3 is 2.31 bits per heavy atom. The maximum absolute atomic E-state index is 12.2. The first-order valence-electron chi connectivity index (χ1n) is 6.98. The zero-order valence-corrected chi connectivity index (χ0v) is 11.6. The van der Waals surface area contributed by atoms with Crippen molar-refractivity contribution in [3.8, 4) is 0 Å². The second kappa shape index (κ2) is 7.50. The first-order valence-corrected chi connectivity index (χ1v) is 8.89. The largest absolute Gasteiger partial charge is 0.344 e. The fourth-order valence-electron chi connectivity index (χ4n) is 2.61. The van der Waals surface area contributed by atoms with Crippen LogP contribution in [0.5, 0.6) is 0 Å². The zero-order chi connectivity index (χ0) is 11.9. The van der Waals surface area contributed by atoms with E-state index in [1.165, 1.54) is 25.7 Å². The molecule has 96 valence electrons. The first kappa shape index (κ1) is 14.3. The molecule has 1 aliphatic rings. The molecule has 0 heterocycles. The summed E-state index contributed by atoms with van der Waals surface area (Å²) in [5.74, 6) is 0. The Morgan fingerprint density at radius 2 is 1.69 bits per heavy atom. The Labute approximate surface area is 100 Å². The van der Waals surface area contributed by atoms with E-state index >= 15 is 0 Å². The van der Waals surface area contributed by atoms with Gasteiger partial charge in [-0.1, -0.05) is 51.9 Å². The molecule has 1 fully saturated rings. The number of rotatable bonds is 7. The summed E-state index contributed by atoms with van der Waals surface area (Å²) >= 11 is 0. The van der Waals surface area contributed by atoms with Crippen LogP contribution in [0.4, 0.5) is 0 Å². The van der Waals surface area contributed by atoms with Crippen LogP contribution < -0.4 is 0 Å². The minimum atomic E-state index is -2.82. The predicted octanol–water partition coefficient (Wildman–Crippen LogP) is 4.56. The van der Waals surface area contributed by atoms with Gasteiger partial charge in [-0.2, -0.15) is 0 Å². The normalized spacial score (nSPS) is 21.9. The predicted molar refractivity (Wildman–Crippen MR) is 70.3 cm³/mol. The average molecular weight is 246 g/mol. The highest BCUT2D eigenvalue weighted by Gasteiger charge is 2.30. The average Bonchev–Trinajstić information content (AvgIpc) is 2.30. The highest BCUT2D eigenvalue weighted by Crippen LogP contribution is 2.52. The summed E-state index contributed by atoms with van der Waals surface area (Å²) in [6.45, 7) is 2.19. The Kier molecular flexibility index (Phi) is 6.68. The molecule has 0 bridgehead atoms. The third-order valence-corrected chi connectivity index (χ3v) is 6.34. The topological polar surface area (TPSA) is 37.3 Å². The monoisotopic (exact) mass is 246 g/mol. The van der Waals surface area contributed by atoms with Gasteiger partial charge >= 0.3 is 0 Å². The third-order valence-electron chi connectivity index (χ3n) is 3.73. The van der Waals surface area contributed by atoms with Gasteiger partial charge in [0.15, 0.2) is 0 Å². The lowest BCUT2D eigenvalue weighted by Gasteiger charge is -2.26. The molecule has 1 rings (SSSR count). The Hall–Kier alpha value is 0.190. The summed E-state index contributed by atoms with van der Waals surface area (Å²) in [6.07, 6.45) is 11.9. The maximum atomic E-state index is 12.2. The molecule has 1 atom stereocenters. The molecular formula is C13H27O2P. The van der Waals surface area contributed by atoms with Gasteiger partial charge < -0.3 is 4.89 Å².